The van der Waals surface area contributed by atoms with Gasteiger partial charge in [-0.25, -0.2) is 0 Å². The van der Waals surface area contributed by atoms with Crippen molar-refractivity contribution in [2.45, 2.75) is 6.92 Å². The van der Waals surface area contributed by atoms with Gasteiger partial charge in [-0.2, -0.15) is 72.7 Å². The van der Waals surface area contributed by atoms with Crippen LogP contribution in [0.15, 0.2) is 104 Å². The van der Waals surface area contributed by atoms with Crippen LogP contribution in [0.2, 0.25) is 0 Å². The van der Waals surface area contributed by atoms with Gasteiger partial charge in [0.05, 0.1) is 6.07 Å². The van der Waals surface area contributed by atoms with Gasteiger partial charge in [0.25, 0.3) is 0 Å². The zero-order valence-corrected chi connectivity index (χ0v) is 26.4. The number of anilines is 6. The van der Waals surface area contributed by atoms with Crippen molar-refractivity contribution in [1.82, 2.24) is 9.80 Å². The Bertz CT molecular complexity index is 1600. The Morgan fingerprint density at radius 2 is 1.26 bits per heavy atom. The van der Waals surface area contributed by atoms with Crippen LogP contribution in [0.25, 0.3) is 0 Å². The quantitative estimate of drug-likeness (QED) is 0.208. The van der Waals surface area contributed by atoms with Gasteiger partial charge in [-0.05, 0) is 51.0 Å². The Morgan fingerprint density at radius 3 is 1.72 bits per heavy atom. The smallest absolute Gasteiger partial charge is 0.0726 e. The van der Waals surface area contributed by atoms with E-state index in [0.717, 1.165) is 34.1 Å². The predicted molar refractivity (Wildman–Crippen MR) is 168 cm³/mol. The third-order valence-corrected chi connectivity index (χ3v) is 6.86. The third kappa shape index (κ3) is 6.54. The van der Waals surface area contributed by atoms with E-state index in [1.807, 2.05) is 108 Å². The summed E-state index contributed by atoms with van der Waals surface area (Å²) in [5.41, 5.74) is 7.89. The summed E-state index contributed by atoms with van der Waals surface area (Å²) in [6.45, 7) is 8.05. The summed E-state index contributed by atoms with van der Waals surface area (Å²) in [4.78, 5) is 12.1. The van der Waals surface area contributed by atoms with E-state index in [2.05, 4.69) is 90.1 Å². The van der Waals surface area contributed by atoms with E-state index in [-0.39, 0.29) is 20.1 Å². The first kappa shape index (κ1) is 29.8. The summed E-state index contributed by atoms with van der Waals surface area (Å²) in [5, 5.41) is 9.20. The number of hydrogen-bond acceptors (Lipinski definition) is 7. The number of aryl methyl sites for hydroxylation is 1. The molecule has 0 spiro atoms. The van der Waals surface area contributed by atoms with E-state index >= 15 is 0 Å². The minimum atomic E-state index is 0. The molecule has 0 aliphatic carbocycles. The Labute approximate surface area is 268 Å². The fourth-order valence-corrected chi connectivity index (χ4v) is 4.74. The number of benzene rings is 4. The predicted octanol–water partition coefficient (Wildman–Crippen LogP) is 7.05. The van der Waals surface area contributed by atoms with Crippen molar-refractivity contribution in [2.75, 3.05) is 33.7 Å². The number of hydrogen-bond donors (Lipinski definition) is 0. The van der Waals surface area contributed by atoms with Crippen LogP contribution in [0.1, 0.15) is 11.1 Å². The van der Waals surface area contributed by atoms with Crippen LogP contribution >= 0.6 is 0 Å². The molecular weight excluding hydrogens is 711 g/mol. The SMILES string of the molecule is CN1C=CN(c2[c-]c(N3C=CN(C)[CH-]3)cc(C#N)c2)[CH-]1.Cc1c[c-]c(N2[CH-]N(c3[c-]cccc3)c3ccccc32)cc1.[Ir]. The maximum atomic E-state index is 9.20. The summed E-state index contributed by atoms with van der Waals surface area (Å²) in [7, 11) is 3.91. The van der Waals surface area contributed by atoms with Gasteiger partial charge in [0.15, 0.2) is 0 Å². The van der Waals surface area contributed by atoms with Gasteiger partial charge < -0.3 is 29.4 Å². The van der Waals surface area contributed by atoms with Crippen molar-refractivity contribution in [3.8, 4) is 6.07 Å². The molecule has 0 atom stereocenters. The molecule has 0 saturated carbocycles. The Morgan fingerprint density at radius 1 is 0.674 bits per heavy atom. The molecule has 0 bridgehead atoms. The van der Waals surface area contributed by atoms with Crippen molar-refractivity contribution < 1.29 is 20.1 Å². The average Bonchev–Trinajstić information content (AvgIpc) is 3.77. The summed E-state index contributed by atoms with van der Waals surface area (Å²) in [5.74, 6) is 0. The fourth-order valence-electron chi connectivity index (χ4n) is 4.74. The van der Waals surface area contributed by atoms with E-state index in [0.29, 0.717) is 5.56 Å². The minimum Gasteiger partial charge on any atom is -0.510 e. The zero-order chi connectivity index (χ0) is 29.1. The van der Waals surface area contributed by atoms with E-state index in [1.54, 1.807) is 0 Å². The Hall–Kier alpha value is -4.70. The van der Waals surface area contributed by atoms with E-state index in [9.17, 15) is 5.26 Å². The number of nitriles is 1. The number of nitrogens with zero attached hydrogens (tertiary/aromatic N) is 7. The topological polar surface area (TPSA) is 43.2 Å². The van der Waals surface area contributed by atoms with Crippen LogP contribution in [0.3, 0.4) is 0 Å². The standard InChI is InChI=1S/C20H15N2.C15H14N5.Ir/c1-16-11-13-18(14-12-16)22-15-21(17-7-3-2-4-8-17)19-9-5-6-10-20(19)22;1-17-3-5-19(11-17)14-7-13(10-16)8-15(9-14)20-6-4-18(2)12-20;/h2-7,9-13,15H,1H3;3-8,11-12H,1-2H3;/q2*-3;. The van der Waals surface area contributed by atoms with Gasteiger partial charge in [-0.1, -0.05) is 24.6 Å². The molecule has 4 aromatic carbocycles. The van der Waals surface area contributed by atoms with Crippen LogP contribution in [0.5, 0.6) is 0 Å². The van der Waals surface area contributed by atoms with Gasteiger partial charge >= 0.3 is 0 Å². The van der Waals surface area contributed by atoms with Gasteiger partial charge in [0.2, 0.25) is 0 Å². The van der Waals surface area contributed by atoms with E-state index in [1.165, 1.54) is 5.56 Å². The van der Waals surface area contributed by atoms with Crippen molar-refractivity contribution in [3.63, 3.8) is 0 Å². The molecule has 0 unspecified atom stereocenters. The largest absolute Gasteiger partial charge is 0.510 e. The van der Waals surface area contributed by atoms with Gasteiger partial charge in [0.1, 0.15) is 0 Å². The molecule has 7 nitrogen and oxygen atoms in total. The second kappa shape index (κ2) is 13.1. The maximum absolute atomic E-state index is 9.20. The molecule has 219 valence electrons. The summed E-state index contributed by atoms with van der Waals surface area (Å²) in [6, 6.07) is 38.4. The molecule has 0 N–H and O–H groups in total. The van der Waals surface area contributed by atoms with Gasteiger partial charge in [-0.15, -0.1) is 53.7 Å². The summed E-state index contributed by atoms with van der Waals surface area (Å²) < 4.78 is 0. The number of rotatable bonds is 4. The molecule has 3 aliphatic rings. The average molecular weight is 740 g/mol. The molecule has 0 saturated heterocycles. The number of fused-ring (bicyclic) bond motifs is 1. The van der Waals surface area contributed by atoms with E-state index < -0.39 is 0 Å². The molecule has 0 fully saturated rings. The van der Waals surface area contributed by atoms with E-state index in [4.69, 9.17) is 0 Å². The van der Waals surface area contributed by atoms with Crippen LogP contribution in [-0.2, 0) is 20.1 Å². The monoisotopic (exact) mass is 740 g/mol. The van der Waals surface area contributed by atoms with Crippen LogP contribution in [-0.4, -0.2) is 23.9 Å². The molecule has 0 amide bonds. The second-order valence-electron chi connectivity index (χ2n) is 10.1. The van der Waals surface area contributed by atoms with Crippen molar-refractivity contribution in [1.29, 1.82) is 5.26 Å². The van der Waals surface area contributed by atoms with Crippen molar-refractivity contribution in [2.24, 2.45) is 0 Å². The molecule has 3 aliphatic heterocycles. The molecule has 43 heavy (non-hydrogen) atoms. The summed E-state index contributed by atoms with van der Waals surface area (Å²) >= 11 is 0. The minimum absolute atomic E-state index is 0. The first-order chi connectivity index (χ1) is 20.5. The molecule has 7 rings (SSSR count). The zero-order valence-electron chi connectivity index (χ0n) is 24.0. The molecule has 1 radical (unpaired) electrons. The molecule has 4 aromatic rings. The normalized spacial score (nSPS) is 14.8. The molecule has 0 aromatic heterocycles. The van der Waals surface area contributed by atoms with Crippen LogP contribution in [0, 0.1) is 56.5 Å². The molecule has 8 heteroatoms. The van der Waals surface area contributed by atoms with Gasteiger partial charge in [-0.3, -0.25) is 0 Å². The maximum Gasteiger partial charge on any atom is 0.0726 e. The molecular formula is C35H29IrN7-6. The number of para-hydroxylation sites is 3. The summed E-state index contributed by atoms with van der Waals surface area (Å²) in [6.07, 6.45) is 7.77. The van der Waals surface area contributed by atoms with Crippen LogP contribution in [0.4, 0.5) is 34.1 Å². The Kier molecular flexibility index (Phi) is 9.06. The van der Waals surface area contributed by atoms with Crippen molar-refractivity contribution in [3.05, 3.63) is 153 Å². The second-order valence-corrected chi connectivity index (χ2v) is 10.1. The third-order valence-electron chi connectivity index (χ3n) is 6.86. The van der Waals surface area contributed by atoms with Crippen molar-refractivity contribution >= 4 is 34.1 Å². The first-order valence-electron chi connectivity index (χ1n) is 13.5. The van der Waals surface area contributed by atoms with Crippen LogP contribution < -0.4 is 19.6 Å². The van der Waals surface area contributed by atoms with Gasteiger partial charge in [0, 0.05) is 31.5 Å². The Balaban J connectivity index is 0.000000168. The fraction of sp³-hybridized carbons (Fsp3) is 0.0857. The first-order valence-corrected chi connectivity index (χ1v) is 13.5. The molecule has 3 heterocycles.